The van der Waals surface area contributed by atoms with Crippen LogP contribution in [0, 0.1) is 0 Å². The molecule has 1 nitrogen and oxygen atoms in total. The Hall–Kier alpha value is -6.61. The van der Waals surface area contributed by atoms with Gasteiger partial charge in [0.2, 0.25) is 0 Å². The molecule has 1 aromatic heterocycles. The number of aryl methyl sites for hydroxylation is 1. The molecule has 1 atom stereocenters. The van der Waals surface area contributed by atoms with Crippen molar-refractivity contribution in [3.8, 4) is 50.2 Å². The molecule has 0 N–H and O–H groups in total. The Morgan fingerprint density at radius 3 is 1.93 bits per heavy atom. The summed E-state index contributed by atoms with van der Waals surface area (Å²) < 4.78 is 2.45. The largest absolute Gasteiger partial charge is 0.309 e. The normalized spacial score (nSPS) is 13.9. The molecule has 1 unspecified atom stereocenters. The molecule has 268 valence electrons. The van der Waals surface area contributed by atoms with Crippen LogP contribution in [-0.2, 0) is 6.42 Å². The van der Waals surface area contributed by atoms with E-state index in [0.717, 1.165) is 12.8 Å². The van der Waals surface area contributed by atoms with Gasteiger partial charge in [0.25, 0.3) is 0 Å². The van der Waals surface area contributed by atoms with Gasteiger partial charge in [0, 0.05) is 37.6 Å². The Morgan fingerprint density at radius 1 is 0.404 bits per heavy atom. The summed E-state index contributed by atoms with van der Waals surface area (Å²) in [7, 11) is 0. The van der Waals surface area contributed by atoms with Crippen molar-refractivity contribution < 1.29 is 0 Å². The first-order valence-corrected chi connectivity index (χ1v) is 20.8. The molecule has 12 rings (SSSR count). The van der Waals surface area contributed by atoms with Gasteiger partial charge in [-0.15, -0.1) is 0 Å². The topological polar surface area (TPSA) is 4.93 Å². The highest BCUT2D eigenvalue weighted by Crippen LogP contribution is 2.52. The van der Waals surface area contributed by atoms with Crippen molar-refractivity contribution >= 4 is 44.3 Å². The second kappa shape index (κ2) is 13.0. The summed E-state index contributed by atoms with van der Waals surface area (Å²) in [6, 6.07) is 72.2. The SMILES string of the molecule is c1ccc(-c2ccc(-c3ccc4c(c3)-c3ccccc3C4CCc3ccc4c(c3)Sc3cc5c(c6cccc-4c36)c3ccccc3n5-c3ccccc3)cc2)cc1. The first-order valence-electron chi connectivity index (χ1n) is 20.0. The molecule has 0 fully saturated rings. The van der Waals surface area contributed by atoms with Crippen LogP contribution in [0.25, 0.3) is 82.8 Å². The fourth-order valence-electron chi connectivity index (χ4n) is 9.80. The van der Waals surface area contributed by atoms with Crippen LogP contribution in [0.1, 0.15) is 29.0 Å². The van der Waals surface area contributed by atoms with Gasteiger partial charge in [-0.1, -0.05) is 169 Å². The highest BCUT2D eigenvalue weighted by molar-refractivity contribution is 7.99. The van der Waals surface area contributed by atoms with E-state index in [1.54, 1.807) is 0 Å². The first-order chi connectivity index (χ1) is 28.3. The smallest absolute Gasteiger partial charge is 0.0558 e. The molecule has 0 amide bonds. The van der Waals surface area contributed by atoms with Crippen LogP contribution < -0.4 is 0 Å². The van der Waals surface area contributed by atoms with Crippen LogP contribution >= 0.6 is 11.8 Å². The van der Waals surface area contributed by atoms with Gasteiger partial charge in [-0.05, 0) is 116 Å². The van der Waals surface area contributed by atoms with Crippen LogP contribution in [-0.4, -0.2) is 4.57 Å². The van der Waals surface area contributed by atoms with Crippen LogP contribution in [0.4, 0.5) is 0 Å². The lowest BCUT2D eigenvalue weighted by atomic mass is 9.89. The average Bonchev–Trinajstić information content (AvgIpc) is 3.78. The zero-order valence-electron chi connectivity index (χ0n) is 31.3. The van der Waals surface area contributed by atoms with Gasteiger partial charge in [0.05, 0.1) is 11.0 Å². The van der Waals surface area contributed by atoms with E-state index in [2.05, 4.69) is 199 Å². The van der Waals surface area contributed by atoms with E-state index >= 15 is 0 Å². The number of fused-ring (bicyclic) bond motifs is 9. The maximum Gasteiger partial charge on any atom is 0.0558 e. The summed E-state index contributed by atoms with van der Waals surface area (Å²) in [4.78, 5) is 2.69. The molecule has 1 aliphatic heterocycles. The predicted octanol–water partition coefficient (Wildman–Crippen LogP) is 15.1. The Morgan fingerprint density at radius 2 is 1.07 bits per heavy atom. The van der Waals surface area contributed by atoms with Crippen LogP contribution in [0.5, 0.6) is 0 Å². The maximum absolute atomic E-state index is 2.47. The average molecular weight is 744 g/mol. The van der Waals surface area contributed by atoms with Crippen molar-refractivity contribution in [2.45, 2.75) is 28.6 Å². The van der Waals surface area contributed by atoms with Crippen molar-refractivity contribution in [3.63, 3.8) is 0 Å². The number of nitrogens with zero attached hydrogens (tertiary/aromatic N) is 1. The molecule has 9 aromatic carbocycles. The van der Waals surface area contributed by atoms with Crippen molar-refractivity contribution in [1.29, 1.82) is 0 Å². The third-order valence-corrected chi connectivity index (χ3v) is 13.5. The molecule has 0 bridgehead atoms. The quantitative estimate of drug-likeness (QED) is 0.164. The molecule has 0 spiro atoms. The number of aromatic nitrogens is 1. The van der Waals surface area contributed by atoms with Gasteiger partial charge in [0.15, 0.2) is 0 Å². The van der Waals surface area contributed by atoms with Crippen LogP contribution in [0.2, 0.25) is 0 Å². The number of para-hydroxylation sites is 2. The van der Waals surface area contributed by atoms with E-state index in [-0.39, 0.29) is 0 Å². The minimum atomic E-state index is 0.372. The highest BCUT2D eigenvalue weighted by atomic mass is 32.2. The predicted molar refractivity (Wildman–Crippen MR) is 241 cm³/mol. The van der Waals surface area contributed by atoms with Gasteiger partial charge >= 0.3 is 0 Å². The number of hydrogen-bond acceptors (Lipinski definition) is 1. The summed E-state index contributed by atoms with van der Waals surface area (Å²) >= 11 is 1.94. The molecule has 0 saturated carbocycles. The van der Waals surface area contributed by atoms with E-state index in [0.29, 0.717) is 5.92 Å². The Balaban J connectivity index is 0.879. The number of benzene rings is 9. The molecular formula is C55H37NS. The van der Waals surface area contributed by atoms with Crippen LogP contribution in [0.3, 0.4) is 0 Å². The van der Waals surface area contributed by atoms with Gasteiger partial charge in [-0.2, -0.15) is 0 Å². The molecule has 0 radical (unpaired) electrons. The van der Waals surface area contributed by atoms with E-state index in [1.165, 1.54) is 109 Å². The van der Waals surface area contributed by atoms with E-state index in [9.17, 15) is 0 Å². The lowest BCUT2D eigenvalue weighted by Gasteiger charge is -2.22. The third kappa shape index (κ3) is 5.18. The Labute approximate surface area is 336 Å². The maximum atomic E-state index is 2.47. The summed E-state index contributed by atoms with van der Waals surface area (Å²) in [5.41, 5.74) is 18.5. The standard InChI is InChI=1S/C55H37NS/c1-3-12-36(13-4-1)37-24-26-38(27-25-37)39-28-31-44-43(41-16-7-8-17-42(41)49(44)33-39)29-22-35-23-30-45-46-19-11-20-48-54-47-18-9-10-21-50(47)56(40-14-5-2-6-15-40)51(54)34-53(55(46)48)57-52(45)32-35/h1-21,23-28,30-34,43H,22,29H2. The third-order valence-electron chi connectivity index (χ3n) is 12.4. The second-order valence-corrected chi connectivity index (χ2v) is 16.6. The Bertz CT molecular complexity index is 3190. The molecule has 2 heterocycles. The minimum absolute atomic E-state index is 0.372. The molecular weight excluding hydrogens is 707 g/mol. The first kappa shape index (κ1) is 32.6. The van der Waals surface area contributed by atoms with Crippen LogP contribution in [0.15, 0.2) is 204 Å². The fraction of sp³-hybridized carbons (Fsp3) is 0.0545. The Kier molecular flexibility index (Phi) is 7.43. The zero-order valence-corrected chi connectivity index (χ0v) is 32.1. The second-order valence-electron chi connectivity index (χ2n) is 15.5. The lowest BCUT2D eigenvalue weighted by molar-refractivity contribution is 0.729. The lowest BCUT2D eigenvalue weighted by Crippen LogP contribution is -2.01. The van der Waals surface area contributed by atoms with E-state index in [4.69, 9.17) is 0 Å². The monoisotopic (exact) mass is 743 g/mol. The van der Waals surface area contributed by atoms with Gasteiger partial charge in [0.1, 0.15) is 0 Å². The van der Waals surface area contributed by atoms with Crippen molar-refractivity contribution in [2.24, 2.45) is 0 Å². The molecule has 1 aliphatic carbocycles. The number of hydrogen-bond donors (Lipinski definition) is 0. The van der Waals surface area contributed by atoms with Crippen molar-refractivity contribution in [3.05, 3.63) is 211 Å². The fourth-order valence-corrected chi connectivity index (χ4v) is 11.0. The summed E-state index contributed by atoms with van der Waals surface area (Å²) in [6.07, 6.45) is 2.09. The zero-order chi connectivity index (χ0) is 37.5. The number of rotatable bonds is 6. The van der Waals surface area contributed by atoms with E-state index in [1.807, 2.05) is 11.8 Å². The highest BCUT2D eigenvalue weighted by Gasteiger charge is 2.29. The molecule has 2 heteroatoms. The summed E-state index contributed by atoms with van der Waals surface area (Å²) in [5, 5.41) is 5.34. The summed E-state index contributed by atoms with van der Waals surface area (Å²) in [5.74, 6) is 0.372. The van der Waals surface area contributed by atoms with E-state index < -0.39 is 0 Å². The summed E-state index contributed by atoms with van der Waals surface area (Å²) in [6.45, 7) is 0. The van der Waals surface area contributed by atoms with Gasteiger partial charge in [-0.3, -0.25) is 0 Å². The minimum Gasteiger partial charge on any atom is -0.309 e. The molecule has 0 saturated heterocycles. The van der Waals surface area contributed by atoms with Gasteiger partial charge in [-0.25, -0.2) is 0 Å². The molecule has 2 aliphatic rings. The van der Waals surface area contributed by atoms with Gasteiger partial charge < -0.3 is 4.57 Å². The van der Waals surface area contributed by atoms with Crippen molar-refractivity contribution in [2.75, 3.05) is 0 Å². The molecule has 57 heavy (non-hydrogen) atoms. The molecule has 10 aromatic rings. The van der Waals surface area contributed by atoms with Crippen molar-refractivity contribution in [1.82, 2.24) is 4.57 Å².